The zero-order valence-corrected chi connectivity index (χ0v) is 11.6. The lowest BCUT2D eigenvalue weighted by atomic mass is 9.76. The number of nitrogen functional groups attached to an aromatic ring is 1. The molecule has 0 amide bonds. The zero-order chi connectivity index (χ0) is 14.3. The highest BCUT2D eigenvalue weighted by Gasteiger charge is 2.30. The number of benzene rings is 1. The molecule has 1 aromatic carbocycles. The first-order valence-electron chi connectivity index (χ1n) is 6.81. The van der Waals surface area contributed by atoms with Gasteiger partial charge >= 0.3 is 0 Å². The Bertz CT molecular complexity index is 705. The number of hydrazine groups is 1. The average molecular weight is 270 g/mol. The van der Waals surface area contributed by atoms with Crippen LogP contribution in [0, 0.1) is 5.92 Å². The molecule has 1 aromatic heterocycles. The molecule has 0 fully saturated rings. The van der Waals surface area contributed by atoms with E-state index in [-0.39, 0.29) is 11.5 Å². The lowest BCUT2D eigenvalue weighted by Crippen LogP contribution is -2.28. The van der Waals surface area contributed by atoms with Crippen molar-refractivity contribution in [3.05, 3.63) is 45.7 Å². The molecule has 1 heterocycles. The summed E-state index contributed by atoms with van der Waals surface area (Å²) in [4.78, 5) is 19.6. The van der Waals surface area contributed by atoms with Crippen molar-refractivity contribution >= 4 is 5.95 Å². The van der Waals surface area contributed by atoms with Crippen molar-refractivity contribution in [2.45, 2.75) is 26.2 Å². The number of aromatic nitrogens is 2. The summed E-state index contributed by atoms with van der Waals surface area (Å²) in [7, 11) is 0. The third-order valence-corrected chi connectivity index (χ3v) is 3.98. The molecule has 5 heteroatoms. The van der Waals surface area contributed by atoms with Crippen LogP contribution >= 0.6 is 0 Å². The Morgan fingerprint density at radius 1 is 1.40 bits per heavy atom. The van der Waals surface area contributed by atoms with Gasteiger partial charge in [-0.05, 0) is 23.8 Å². The molecule has 0 bridgehead atoms. The molecular formula is C15H18N4O. The van der Waals surface area contributed by atoms with Crippen molar-refractivity contribution < 1.29 is 0 Å². The van der Waals surface area contributed by atoms with E-state index in [1.54, 1.807) is 0 Å². The molecule has 0 spiro atoms. The second kappa shape index (κ2) is 4.76. The first-order chi connectivity index (χ1) is 9.61. The average Bonchev–Trinajstić information content (AvgIpc) is 2.45. The Morgan fingerprint density at radius 3 is 2.85 bits per heavy atom. The summed E-state index contributed by atoms with van der Waals surface area (Å²) >= 11 is 0. The molecule has 0 unspecified atom stereocenters. The number of nitrogens with two attached hydrogens (primary N) is 1. The summed E-state index contributed by atoms with van der Waals surface area (Å²) in [6.07, 6.45) is 0.876. The van der Waals surface area contributed by atoms with E-state index in [0.29, 0.717) is 11.9 Å². The maximum absolute atomic E-state index is 12.4. The highest BCUT2D eigenvalue weighted by atomic mass is 16.1. The van der Waals surface area contributed by atoms with E-state index in [4.69, 9.17) is 5.84 Å². The van der Waals surface area contributed by atoms with Crippen LogP contribution < -0.4 is 16.8 Å². The van der Waals surface area contributed by atoms with Crippen molar-refractivity contribution in [3.8, 4) is 11.3 Å². The van der Waals surface area contributed by atoms with Crippen LogP contribution in [-0.2, 0) is 6.42 Å². The molecule has 5 nitrogen and oxygen atoms in total. The van der Waals surface area contributed by atoms with E-state index in [1.165, 1.54) is 5.56 Å². The van der Waals surface area contributed by atoms with Crippen molar-refractivity contribution in [2.75, 3.05) is 5.43 Å². The molecule has 0 saturated carbocycles. The van der Waals surface area contributed by atoms with Crippen molar-refractivity contribution in [1.82, 2.24) is 9.97 Å². The highest BCUT2D eigenvalue weighted by molar-refractivity contribution is 5.71. The van der Waals surface area contributed by atoms with Crippen LogP contribution in [0.2, 0.25) is 0 Å². The lowest BCUT2D eigenvalue weighted by molar-refractivity contribution is 0.486. The van der Waals surface area contributed by atoms with Gasteiger partial charge in [0, 0.05) is 11.1 Å². The van der Waals surface area contributed by atoms with Gasteiger partial charge in [-0.2, -0.15) is 0 Å². The second-order valence-corrected chi connectivity index (χ2v) is 5.53. The van der Waals surface area contributed by atoms with Crippen LogP contribution in [0.1, 0.15) is 30.9 Å². The molecule has 20 heavy (non-hydrogen) atoms. The van der Waals surface area contributed by atoms with Gasteiger partial charge in [0.25, 0.3) is 5.56 Å². The number of rotatable bonds is 2. The Balaban J connectivity index is 2.32. The van der Waals surface area contributed by atoms with Gasteiger partial charge in [-0.3, -0.25) is 15.2 Å². The van der Waals surface area contributed by atoms with Crippen LogP contribution in [0.4, 0.5) is 5.95 Å². The highest BCUT2D eigenvalue weighted by Crippen LogP contribution is 2.39. The zero-order valence-electron chi connectivity index (χ0n) is 11.6. The molecule has 4 N–H and O–H groups in total. The fraction of sp³-hybridized carbons (Fsp3) is 0.333. The number of fused-ring (bicyclic) bond motifs is 3. The minimum absolute atomic E-state index is 0.101. The van der Waals surface area contributed by atoms with Crippen LogP contribution in [0.5, 0.6) is 0 Å². The van der Waals surface area contributed by atoms with Crippen LogP contribution in [0.15, 0.2) is 29.1 Å². The minimum atomic E-state index is -0.101. The third-order valence-electron chi connectivity index (χ3n) is 3.98. The van der Waals surface area contributed by atoms with Crippen LogP contribution in [0.3, 0.4) is 0 Å². The number of H-pyrrole nitrogens is 1. The van der Waals surface area contributed by atoms with E-state index in [1.807, 2.05) is 18.2 Å². The molecule has 0 saturated heterocycles. The second-order valence-electron chi connectivity index (χ2n) is 5.53. The first-order valence-corrected chi connectivity index (χ1v) is 6.81. The van der Waals surface area contributed by atoms with E-state index < -0.39 is 0 Å². The van der Waals surface area contributed by atoms with Crippen molar-refractivity contribution in [3.63, 3.8) is 0 Å². The smallest absolute Gasteiger partial charge is 0.256 e. The predicted molar refractivity (Wildman–Crippen MR) is 79.4 cm³/mol. The van der Waals surface area contributed by atoms with Gasteiger partial charge in [-0.1, -0.05) is 38.1 Å². The Hall–Kier alpha value is -2.14. The molecule has 1 aliphatic rings. The summed E-state index contributed by atoms with van der Waals surface area (Å²) in [5.41, 5.74) is 6.12. The lowest BCUT2D eigenvalue weighted by Gasteiger charge is -2.28. The summed E-state index contributed by atoms with van der Waals surface area (Å²) in [5.74, 6) is 6.24. The number of hydrogen-bond donors (Lipinski definition) is 3. The topological polar surface area (TPSA) is 83.8 Å². The first kappa shape index (κ1) is 12.9. The van der Waals surface area contributed by atoms with Gasteiger partial charge in [-0.15, -0.1) is 0 Å². The van der Waals surface area contributed by atoms with Crippen LogP contribution in [0.25, 0.3) is 11.3 Å². The van der Waals surface area contributed by atoms with Crippen LogP contribution in [-0.4, -0.2) is 9.97 Å². The minimum Gasteiger partial charge on any atom is -0.294 e. The van der Waals surface area contributed by atoms with E-state index >= 15 is 0 Å². The molecule has 2 aromatic rings. The number of hydrogen-bond acceptors (Lipinski definition) is 4. The molecule has 1 aliphatic carbocycles. The summed E-state index contributed by atoms with van der Waals surface area (Å²) in [6.45, 7) is 4.27. The Morgan fingerprint density at radius 2 is 2.15 bits per heavy atom. The molecule has 104 valence electrons. The Labute approximate surface area is 117 Å². The molecule has 0 radical (unpaired) electrons. The molecule has 0 aliphatic heterocycles. The van der Waals surface area contributed by atoms with Gasteiger partial charge in [-0.25, -0.2) is 10.8 Å². The number of aromatic amines is 1. The number of nitrogens with zero attached hydrogens (tertiary/aromatic N) is 1. The van der Waals surface area contributed by atoms with Crippen molar-refractivity contribution in [2.24, 2.45) is 11.8 Å². The maximum atomic E-state index is 12.4. The molecule has 3 rings (SSSR count). The fourth-order valence-electron chi connectivity index (χ4n) is 2.94. The van der Waals surface area contributed by atoms with Gasteiger partial charge in [0.05, 0.1) is 5.69 Å². The summed E-state index contributed by atoms with van der Waals surface area (Å²) in [5, 5.41) is 0. The van der Waals surface area contributed by atoms with Gasteiger partial charge in [0.1, 0.15) is 0 Å². The van der Waals surface area contributed by atoms with E-state index in [2.05, 4.69) is 35.3 Å². The Kier molecular flexibility index (Phi) is 3.06. The normalized spacial score (nSPS) is 16.7. The number of nitrogens with one attached hydrogen (secondary N) is 2. The SMILES string of the molecule is CC(C)[C@@H]1Cc2ccccc2-c2nc(NN)[nH]c(=O)c21. The van der Waals surface area contributed by atoms with E-state index in [0.717, 1.165) is 23.2 Å². The van der Waals surface area contributed by atoms with Gasteiger partial charge in [0.15, 0.2) is 0 Å². The van der Waals surface area contributed by atoms with Gasteiger partial charge in [0.2, 0.25) is 5.95 Å². The number of anilines is 1. The molecule has 1 atom stereocenters. The van der Waals surface area contributed by atoms with E-state index in [9.17, 15) is 4.79 Å². The third kappa shape index (κ3) is 1.91. The quantitative estimate of drug-likeness (QED) is 0.576. The monoisotopic (exact) mass is 270 g/mol. The fourth-order valence-corrected chi connectivity index (χ4v) is 2.94. The van der Waals surface area contributed by atoms with Gasteiger partial charge < -0.3 is 0 Å². The predicted octanol–water partition coefficient (Wildman–Crippen LogP) is 2.02. The molecular weight excluding hydrogens is 252 g/mol. The maximum Gasteiger partial charge on any atom is 0.256 e. The summed E-state index contributed by atoms with van der Waals surface area (Å²) < 4.78 is 0. The standard InChI is InChI=1S/C15H18N4O/c1-8(2)11-7-9-5-3-4-6-10(9)13-12(11)14(20)18-15(17-13)19-16/h3-6,8,11H,7,16H2,1-2H3,(H2,17,18,19,20)/t11-/m0/s1. The van der Waals surface area contributed by atoms with Crippen molar-refractivity contribution in [1.29, 1.82) is 0 Å². The summed E-state index contributed by atoms with van der Waals surface area (Å²) in [6, 6.07) is 8.11. The largest absolute Gasteiger partial charge is 0.294 e.